The number of hydrogen-bond donors (Lipinski definition) is 1. The Morgan fingerprint density at radius 2 is 2.25 bits per heavy atom. The molecule has 0 unspecified atom stereocenters. The first-order chi connectivity index (χ1) is 9.86. The summed E-state index contributed by atoms with van der Waals surface area (Å²) in [6.07, 6.45) is 5.06. The topological polar surface area (TPSA) is 49.5 Å². The summed E-state index contributed by atoms with van der Waals surface area (Å²) in [5, 5.41) is 15.5. The summed E-state index contributed by atoms with van der Waals surface area (Å²) >= 11 is 1.66. The zero-order chi connectivity index (χ0) is 13.8. The molecule has 2 heterocycles. The second kappa shape index (κ2) is 6.52. The first-order valence-electron chi connectivity index (χ1n) is 7.21. The Morgan fingerprint density at radius 1 is 1.40 bits per heavy atom. The summed E-state index contributed by atoms with van der Waals surface area (Å²) in [6.45, 7) is 1.68. The van der Waals surface area contributed by atoms with E-state index in [4.69, 9.17) is 4.52 Å². The van der Waals surface area contributed by atoms with Crippen LogP contribution in [-0.4, -0.2) is 34.4 Å². The van der Waals surface area contributed by atoms with Crippen LogP contribution in [0.5, 0.6) is 0 Å². The van der Waals surface area contributed by atoms with Crippen molar-refractivity contribution in [3.05, 3.63) is 29.3 Å². The highest BCUT2D eigenvalue weighted by Gasteiger charge is 2.23. The van der Waals surface area contributed by atoms with Crippen molar-refractivity contribution >= 4 is 11.3 Å². The number of thiophene rings is 1. The minimum Gasteiger partial charge on any atom is -0.395 e. The van der Waals surface area contributed by atoms with Crippen molar-refractivity contribution in [1.29, 1.82) is 0 Å². The van der Waals surface area contributed by atoms with E-state index in [2.05, 4.69) is 10.1 Å². The molecule has 2 aromatic heterocycles. The summed E-state index contributed by atoms with van der Waals surface area (Å²) in [5.41, 5.74) is 0.953. The molecule has 1 N–H and O–H groups in total. The van der Waals surface area contributed by atoms with Crippen molar-refractivity contribution in [2.24, 2.45) is 0 Å². The molecule has 1 saturated carbocycles. The average molecular weight is 292 g/mol. The van der Waals surface area contributed by atoms with Gasteiger partial charge in [-0.15, -0.1) is 11.3 Å². The van der Waals surface area contributed by atoms with Gasteiger partial charge in [0.2, 0.25) is 0 Å². The molecule has 4 nitrogen and oxygen atoms in total. The molecule has 1 fully saturated rings. The first kappa shape index (κ1) is 13.8. The van der Waals surface area contributed by atoms with Crippen LogP contribution in [0.1, 0.15) is 31.4 Å². The highest BCUT2D eigenvalue weighted by Crippen LogP contribution is 2.27. The third-order valence-corrected chi connectivity index (χ3v) is 4.80. The summed E-state index contributed by atoms with van der Waals surface area (Å²) in [7, 11) is 0. The van der Waals surface area contributed by atoms with E-state index >= 15 is 0 Å². The van der Waals surface area contributed by atoms with Crippen molar-refractivity contribution in [1.82, 2.24) is 10.1 Å². The van der Waals surface area contributed by atoms with Gasteiger partial charge < -0.3 is 9.63 Å². The van der Waals surface area contributed by atoms with Crippen molar-refractivity contribution in [2.75, 3.05) is 13.2 Å². The van der Waals surface area contributed by atoms with E-state index in [9.17, 15) is 5.11 Å². The van der Waals surface area contributed by atoms with Gasteiger partial charge in [-0.1, -0.05) is 24.1 Å². The minimum atomic E-state index is 0.201. The van der Waals surface area contributed by atoms with Gasteiger partial charge in [0.05, 0.1) is 17.2 Å². The van der Waals surface area contributed by atoms with Crippen LogP contribution in [0.15, 0.2) is 28.1 Å². The van der Waals surface area contributed by atoms with Gasteiger partial charge in [0.15, 0.2) is 5.76 Å². The number of aromatic nitrogens is 1. The van der Waals surface area contributed by atoms with Gasteiger partial charge in [0, 0.05) is 25.2 Å². The zero-order valence-corrected chi connectivity index (χ0v) is 12.3. The van der Waals surface area contributed by atoms with Gasteiger partial charge in [0.1, 0.15) is 0 Å². The molecule has 1 aliphatic carbocycles. The summed E-state index contributed by atoms with van der Waals surface area (Å²) in [4.78, 5) is 3.45. The van der Waals surface area contributed by atoms with Crippen LogP contribution in [0.25, 0.3) is 10.6 Å². The Kier molecular flexibility index (Phi) is 4.50. The smallest absolute Gasteiger partial charge is 0.177 e. The lowest BCUT2D eigenvalue weighted by molar-refractivity contribution is 0.142. The van der Waals surface area contributed by atoms with Gasteiger partial charge in [-0.25, -0.2) is 0 Å². The standard InChI is InChI=1S/C15H20N2O2S/c18-8-7-17(13-4-1-2-5-13)11-12-10-14(19-16-12)15-6-3-9-20-15/h3,6,9-10,13,18H,1-2,4-5,7-8,11H2. The van der Waals surface area contributed by atoms with Crippen molar-refractivity contribution in [2.45, 2.75) is 38.3 Å². The van der Waals surface area contributed by atoms with Gasteiger partial charge >= 0.3 is 0 Å². The van der Waals surface area contributed by atoms with E-state index in [1.807, 2.05) is 23.6 Å². The van der Waals surface area contributed by atoms with Gasteiger partial charge in [0.25, 0.3) is 0 Å². The maximum Gasteiger partial charge on any atom is 0.177 e. The third kappa shape index (κ3) is 3.11. The third-order valence-electron chi connectivity index (χ3n) is 3.92. The van der Waals surface area contributed by atoms with Crippen LogP contribution in [0.2, 0.25) is 0 Å². The quantitative estimate of drug-likeness (QED) is 0.888. The molecular weight excluding hydrogens is 272 g/mol. The fourth-order valence-electron chi connectivity index (χ4n) is 2.92. The predicted molar refractivity (Wildman–Crippen MR) is 79.6 cm³/mol. The number of hydrogen-bond acceptors (Lipinski definition) is 5. The molecule has 0 saturated heterocycles. The molecular formula is C15H20N2O2S. The maximum atomic E-state index is 9.25. The average Bonchev–Trinajstić information content (AvgIpc) is 3.20. The molecule has 1 aliphatic rings. The van der Waals surface area contributed by atoms with E-state index in [1.54, 1.807) is 11.3 Å². The van der Waals surface area contributed by atoms with Crippen molar-refractivity contribution in [3.8, 4) is 10.6 Å². The monoisotopic (exact) mass is 292 g/mol. The first-order valence-corrected chi connectivity index (χ1v) is 8.09. The summed E-state index contributed by atoms with van der Waals surface area (Å²) in [6, 6.07) is 6.66. The van der Waals surface area contributed by atoms with Gasteiger partial charge in [-0.3, -0.25) is 4.90 Å². The minimum absolute atomic E-state index is 0.201. The highest BCUT2D eigenvalue weighted by molar-refractivity contribution is 7.13. The molecule has 2 aromatic rings. The van der Waals surface area contributed by atoms with E-state index in [1.165, 1.54) is 25.7 Å². The Bertz CT molecular complexity index is 518. The molecule has 5 heteroatoms. The molecule has 0 radical (unpaired) electrons. The number of aliphatic hydroxyl groups is 1. The Balaban J connectivity index is 1.68. The molecule has 0 aromatic carbocycles. The van der Waals surface area contributed by atoms with Crippen LogP contribution in [0, 0.1) is 0 Å². The normalized spacial score (nSPS) is 16.3. The molecule has 3 rings (SSSR count). The van der Waals surface area contributed by atoms with Crippen LogP contribution in [0.3, 0.4) is 0 Å². The lowest BCUT2D eigenvalue weighted by Crippen LogP contribution is -2.35. The van der Waals surface area contributed by atoms with Crippen molar-refractivity contribution in [3.63, 3.8) is 0 Å². The summed E-state index contributed by atoms with van der Waals surface area (Å²) < 4.78 is 5.42. The Hall–Kier alpha value is -1.17. The Labute approximate surface area is 123 Å². The van der Waals surface area contributed by atoms with E-state index in [0.717, 1.165) is 22.9 Å². The molecule has 0 spiro atoms. The highest BCUT2D eigenvalue weighted by atomic mass is 32.1. The Morgan fingerprint density at radius 3 is 2.95 bits per heavy atom. The number of aliphatic hydroxyl groups excluding tert-OH is 1. The molecule has 0 aliphatic heterocycles. The second-order valence-corrected chi connectivity index (χ2v) is 6.24. The second-order valence-electron chi connectivity index (χ2n) is 5.29. The SMILES string of the molecule is OCCN(Cc1cc(-c2cccs2)on1)C1CCCC1. The number of rotatable bonds is 6. The van der Waals surface area contributed by atoms with Crippen LogP contribution in [-0.2, 0) is 6.54 Å². The van der Waals surface area contributed by atoms with E-state index in [-0.39, 0.29) is 6.61 Å². The predicted octanol–water partition coefficient (Wildman–Crippen LogP) is 3.14. The van der Waals surface area contributed by atoms with Crippen LogP contribution >= 0.6 is 11.3 Å². The van der Waals surface area contributed by atoms with E-state index in [0.29, 0.717) is 12.6 Å². The molecule has 0 atom stereocenters. The molecule has 0 bridgehead atoms. The van der Waals surface area contributed by atoms with Gasteiger partial charge in [-0.05, 0) is 24.3 Å². The lowest BCUT2D eigenvalue weighted by atomic mass is 10.2. The fourth-order valence-corrected chi connectivity index (χ4v) is 3.59. The van der Waals surface area contributed by atoms with Gasteiger partial charge in [-0.2, -0.15) is 0 Å². The molecule has 20 heavy (non-hydrogen) atoms. The number of nitrogens with zero attached hydrogens (tertiary/aromatic N) is 2. The van der Waals surface area contributed by atoms with Crippen LogP contribution < -0.4 is 0 Å². The van der Waals surface area contributed by atoms with E-state index < -0.39 is 0 Å². The fraction of sp³-hybridized carbons (Fsp3) is 0.533. The van der Waals surface area contributed by atoms with Crippen molar-refractivity contribution < 1.29 is 9.63 Å². The van der Waals surface area contributed by atoms with Crippen LogP contribution in [0.4, 0.5) is 0 Å². The molecule has 108 valence electrons. The zero-order valence-electron chi connectivity index (χ0n) is 11.5. The summed E-state index contributed by atoms with van der Waals surface area (Å²) in [5.74, 6) is 0.838. The molecule has 0 amide bonds. The lowest BCUT2D eigenvalue weighted by Gasteiger charge is -2.26. The maximum absolute atomic E-state index is 9.25. The largest absolute Gasteiger partial charge is 0.395 e.